The largest absolute Gasteiger partial charge is 0.390 e. The minimum Gasteiger partial charge on any atom is -0.390 e. The van der Waals surface area contributed by atoms with Crippen LogP contribution in [-0.4, -0.2) is 52.0 Å². The van der Waals surface area contributed by atoms with Gasteiger partial charge in [0, 0.05) is 31.7 Å². The van der Waals surface area contributed by atoms with Crippen LogP contribution in [0, 0.1) is 0 Å². The number of rotatable bonds is 9. The van der Waals surface area contributed by atoms with Crippen molar-refractivity contribution in [2.75, 3.05) is 13.1 Å². The lowest BCUT2D eigenvalue weighted by atomic mass is 10.1. The van der Waals surface area contributed by atoms with Crippen molar-refractivity contribution in [3.63, 3.8) is 0 Å². The summed E-state index contributed by atoms with van der Waals surface area (Å²) in [5.74, 6) is -0.272. The van der Waals surface area contributed by atoms with Crippen LogP contribution in [0.1, 0.15) is 47.3 Å². The fraction of sp³-hybridized carbons (Fsp3) is 0.417. The van der Waals surface area contributed by atoms with E-state index in [9.17, 15) is 14.7 Å². The Balaban J connectivity index is 1.84. The zero-order chi connectivity index (χ0) is 21.7. The van der Waals surface area contributed by atoms with Crippen molar-refractivity contribution in [3.05, 3.63) is 70.8 Å². The van der Waals surface area contributed by atoms with E-state index in [1.54, 1.807) is 15.9 Å². The van der Waals surface area contributed by atoms with Crippen LogP contribution in [0.3, 0.4) is 0 Å². The molecule has 1 aliphatic heterocycles. The van der Waals surface area contributed by atoms with Gasteiger partial charge >= 0.3 is 0 Å². The van der Waals surface area contributed by atoms with Gasteiger partial charge in [-0.25, -0.2) is 0 Å². The van der Waals surface area contributed by atoms with Crippen LogP contribution in [0.15, 0.2) is 48.5 Å². The summed E-state index contributed by atoms with van der Waals surface area (Å²) in [6.45, 7) is 5.01. The topological polar surface area (TPSA) is 86.9 Å². The molecule has 0 aliphatic carbocycles. The summed E-state index contributed by atoms with van der Waals surface area (Å²) in [4.78, 5) is 29.8. The molecule has 2 aromatic carbocycles. The molecular weight excluding hydrogens is 378 g/mol. The number of aliphatic hydroxyl groups is 1. The van der Waals surface area contributed by atoms with Gasteiger partial charge in [0.05, 0.1) is 6.10 Å². The summed E-state index contributed by atoms with van der Waals surface area (Å²) in [6.07, 6.45) is 0.598. The average molecular weight is 410 g/mol. The van der Waals surface area contributed by atoms with Crippen molar-refractivity contribution in [2.45, 2.75) is 51.9 Å². The van der Waals surface area contributed by atoms with E-state index in [0.717, 1.165) is 17.5 Å². The molecule has 160 valence electrons. The van der Waals surface area contributed by atoms with Gasteiger partial charge in [0.1, 0.15) is 6.04 Å². The summed E-state index contributed by atoms with van der Waals surface area (Å²) < 4.78 is 0. The number of nitrogens with two attached hydrogens (primary N) is 1. The Labute approximate surface area is 178 Å². The van der Waals surface area contributed by atoms with Gasteiger partial charge in [0.2, 0.25) is 5.91 Å². The smallest absolute Gasteiger partial charge is 0.255 e. The van der Waals surface area contributed by atoms with Gasteiger partial charge < -0.3 is 20.6 Å². The Morgan fingerprint density at radius 1 is 1.17 bits per heavy atom. The minimum atomic E-state index is -0.813. The molecule has 1 unspecified atom stereocenters. The normalized spacial score (nSPS) is 15.1. The first kappa shape index (κ1) is 22.0. The SMILES string of the molecule is CCc1cccc(CN(C[C@@H](O)CN)C(=O)C(CC)N2Cc3ccccc3C2=O)c1. The molecule has 0 radical (unpaired) electrons. The average Bonchev–Trinajstić information content (AvgIpc) is 3.10. The monoisotopic (exact) mass is 409 g/mol. The number of nitrogens with zero attached hydrogens (tertiary/aromatic N) is 2. The van der Waals surface area contributed by atoms with E-state index >= 15 is 0 Å². The predicted molar refractivity (Wildman–Crippen MR) is 117 cm³/mol. The molecular formula is C24H31N3O3. The Kier molecular flexibility index (Phi) is 7.24. The lowest BCUT2D eigenvalue weighted by Gasteiger charge is -2.33. The van der Waals surface area contributed by atoms with Gasteiger partial charge in [-0.3, -0.25) is 9.59 Å². The predicted octanol–water partition coefficient (Wildman–Crippen LogP) is 2.33. The first-order valence-electron chi connectivity index (χ1n) is 10.6. The summed E-state index contributed by atoms with van der Waals surface area (Å²) in [5.41, 5.74) is 9.41. The molecule has 3 rings (SSSR count). The van der Waals surface area contributed by atoms with E-state index in [4.69, 9.17) is 5.73 Å². The third kappa shape index (κ3) is 4.71. The molecule has 2 aromatic rings. The molecule has 0 saturated carbocycles. The van der Waals surface area contributed by atoms with Crippen LogP contribution in [0.2, 0.25) is 0 Å². The molecule has 3 N–H and O–H groups in total. The van der Waals surface area contributed by atoms with E-state index in [2.05, 4.69) is 19.1 Å². The van der Waals surface area contributed by atoms with Crippen LogP contribution < -0.4 is 5.73 Å². The maximum absolute atomic E-state index is 13.5. The van der Waals surface area contributed by atoms with Crippen molar-refractivity contribution >= 4 is 11.8 Å². The highest BCUT2D eigenvalue weighted by Gasteiger charge is 2.37. The number of fused-ring (bicyclic) bond motifs is 1. The highest BCUT2D eigenvalue weighted by atomic mass is 16.3. The number of benzene rings is 2. The van der Waals surface area contributed by atoms with Gasteiger partial charge in [0.15, 0.2) is 0 Å². The second-order valence-corrected chi connectivity index (χ2v) is 7.80. The molecule has 0 spiro atoms. The zero-order valence-corrected chi connectivity index (χ0v) is 17.8. The summed E-state index contributed by atoms with van der Waals surface area (Å²) in [7, 11) is 0. The molecule has 2 atom stereocenters. The Bertz CT molecular complexity index is 899. The minimum absolute atomic E-state index is 0.0731. The van der Waals surface area contributed by atoms with Crippen molar-refractivity contribution in [1.29, 1.82) is 0 Å². The standard InChI is InChI=1S/C24H31N3O3/c1-3-17-8-7-9-18(12-17)14-26(16-20(28)13-25)24(30)22(4-2)27-15-19-10-5-6-11-21(19)23(27)29/h5-12,20,22,28H,3-4,13-16,25H2,1-2H3/t20-,22?/m0/s1. The molecule has 0 fully saturated rings. The number of carbonyl (C=O) groups is 2. The molecule has 0 saturated heterocycles. The van der Waals surface area contributed by atoms with Gasteiger partial charge in [0.25, 0.3) is 5.91 Å². The van der Waals surface area contributed by atoms with Gasteiger partial charge in [-0.1, -0.05) is 56.3 Å². The number of hydrogen-bond acceptors (Lipinski definition) is 4. The Morgan fingerprint density at radius 3 is 2.57 bits per heavy atom. The van der Waals surface area contributed by atoms with Gasteiger partial charge in [-0.05, 0) is 35.6 Å². The first-order valence-corrected chi connectivity index (χ1v) is 10.6. The second-order valence-electron chi connectivity index (χ2n) is 7.80. The lowest BCUT2D eigenvalue weighted by molar-refractivity contribution is -0.138. The number of carbonyl (C=O) groups excluding carboxylic acids is 2. The van der Waals surface area contributed by atoms with Crippen molar-refractivity contribution in [2.24, 2.45) is 5.73 Å². The molecule has 0 bridgehead atoms. The van der Waals surface area contributed by atoms with E-state index in [-0.39, 0.29) is 24.9 Å². The zero-order valence-electron chi connectivity index (χ0n) is 17.8. The van der Waals surface area contributed by atoms with E-state index in [1.807, 2.05) is 37.3 Å². The number of aryl methyl sites for hydroxylation is 1. The van der Waals surface area contributed by atoms with Crippen LogP contribution in [0.5, 0.6) is 0 Å². The van der Waals surface area contributed by atoms with Crippen LogP contribution in [-0.2, 0) is 24.3 Å². The summed E-state index contributed by atoms with van der Waals surface area (Å²) in [5, 5.41) is 10.2. The lowest BCUT2D eigenvalue weighted by Crippen LogP contribution is -2.50. The maximum atomic E-state index is 13.5. The van der Waals surface area contributed by atoms with Crippen LogP contribution in [0.25, 0.3) is 0 Å². The van der Waals surface area contributed by atoms with E-state index in [0.29, 0.717) is 25.1 Å². The molecule has 0 aromatic heterocycles. The molecule has 2 amide bonds. The molecule has 1 heterocycles. The Hall–Kier alpha value is -2.70. The van der Waals surface area contributed by atoms with E-state index < -0.39 is 12.1 Å². The summed E-state index contributed by atoms with van der Waals surface area (Å²) in [6, 6.07) is 15.0. The fourth-order valence-corrected chi connectivity index (χ4v) is 4.00. The van der Waals surface area contributed by atoms with Gasteiger partial charge in [-0.2, -0.15) is 0 Å². The van der Waals surface area contributed by atoms with Crippen LogP contribution >= 0.6 is 0 Å². The third-order valence-electron chi connectivity index (χ3n) is 5.69. The second kappa shape index (κ2) is 9.87. The third-order valence-corrected chi connectivity index (χ3v) is 5.69. The van der Waals surface area contributed by atoms with Gasteiger partial charge in [-0.15, -0.1) is 0 Å². The molecule has 30 heavy (non-hydrogen) atoms. The van der Waals surface area contributed by atoms with Crippen molar-refractivity contribution < 1.29 is 14.7 Å². The Morgan fingerprint density at radius 2 is 1.90 bits per heavy atom. The maximum Gasteiger partial charge on any atom is 0.255 e. The highest BCUT2D eigenvalue weighted by molar-refractivity contribution is 6.01. The molecule has 6 nitrogen and oxygen atoms in total. The first-order chi connectivity index (χ1) is 14.5. The molecule has 1 aliphatic rings. The highest BCUT2D eigenvalue weighted by Crippen LogP contribution is 2.26. The molecule has 6 heteroatoms. The number of hydrogen-bond donors (Lipinski definition) is 2. The van der Waals surface area contributed by atoms with E-state index in [1.165, 1.54) is 5.56 Å². The number of amides is 2. The van der Waals surface area contributed by atoms with Crippen LogP contribution in [0.4, 0.5) is 0 Å². The van der Waals surface area contributed by atoms with Crippen molar-refractivity contribution in [1.82, 2.24) is 9.80 Å². The fourth-order valence-electron chi connectivity index (χ4n) is 4.00. The summed E-state index contributed by atoms with van der Waals surface area (Å²) >= 11 is 0. The quantitative estimate of drug-likeness (QED) is 0.666. The number of aliphatic hydroxyl groups excluding tert-OH is 1. The van der Waals surface area contributed by atoms with Crippen molar-refractivity contribution in [3.8, 4) is 0 Å².